The fourth-order valence-corrected chi connectivity index (χ4v) is 2.01. The molecule has 0 spiro atoms. The van der Waals surface area contributed by atoms with Crippen LogP contribution in [0.2, 0.25) is 0 Å². The van der Waals surface area contributed by atoms with Crippen LogP contribution in [0, 0.1) is 5.92 Å². The van der Waals surface area contributed by atoms with Crippen LogP contribution in [-0.2, 0) is 19.1 Å². The molecule has 1 amide bonds. The number of nitrogens with one attached hydrogen (secondary N) is 2. The van der Waals surface area contributed by atoms with Crippen LogP contribution in [0.4, 0.5) is 0 Å². The lowest BCUT2D eigenvalue weighted by atomic mass is 9.97. The normalized spacial score (nSPS) is 16.1. The number of Topliss-reactive ketones (excluding diaryl/α,β-unsaturated/α-hetero) is 1. The fraction of sp³-hybridized carbons (Fsp3) is 0.857. The molecule has 1 rings (SSSR count). The molecule has 0 aromatic carbocycles. The Morgan fingerprint density at radius 3 is 2.40 bits per heavy atom. The number of ketones is 1. The van der Waals surface area contributed by atoms with Gasteiger partial charge in [0.1, 0.15) is 5.78 Å². The van der Waals surface area contributed by atoms with Gasteiger partial charge in [0.2, 0.25) is 5.91 Å². The van der Waals surface area contributed by atoms with Crippen molar-refractivity contribution in [2.45, 2.75) is 26.2 Å². The van der Waals surface area contributed by atoms with E-state index in [-0.39, 0.29) is 17.6 Å². The van der Waals surface area contributed by atoms with Crippen molar-refractivity contribution in [2.75, 3.05) is 46.1 Å². The van der Waals surface area contributed by atoms with Gasteiger partial charge in [0.05, 0.1) is 26.4 Å². The molecule has 1 aliphatic heterocycles. The average Bonchev–Trinajstić information content (AvgIpc) is 2.46. The minimum Gasteiger partial charge on any atom is -0.379 e. The first kappa shape index (κ1) is 17.1. The zero-order valence-corrected chi connectivity index (χ0v) is 12.3. The molecule has 116 valence electrons. The Balaban J connectivity index is 1.86. The molecule has 1 fully saturated rings. The van der Waals surface area contributed by atoms with Gasteiger partial charge in [0, 0.05) is 18.9 Å². The standard InChI is InChI=1S/C14H26N2O4/c1-12(17)4-8-19-10-11-20-9-7-16-14(18)13-2-5-15-6-3-13/h13,15H,2-11H2,1H3,(H,16,18). The van der Waals surface area contributed by atoms with E-state index < -0.39 is 0 Å². The lowest BCUT2D eigenvalue weighted by Crippen LogP contribution is -2.39. The SMILES string of the molecule is CC(=O)CCOCCOCCNC(=O)C1CCNCC1. The topological polar surface area (TPSA) is 76.7 Å². The molecule has 0 aliphatic carbocycles. The second kappa shape index (κ2) is 10.8. The van der Waals surface area contributed by atoms with Crippen LogP contribution in [0.5, 0.6) is 0 Å². The number of carbonyl (C=O) groups excluding carboxylic acids is 2. The van der Waals surface area contributed by atoms with E-state index >= 15 is 0 Å². The highest BCUT2D eigenvalue weighted by atomic mass is 16.5. The summed E-state index contributed by atoms with van der Waals surface area (Å²) >= 11 is 0. The Morgan fingerprint density at radius 1 is 1.10 bits per heavy atom. The van der Waals surface area contributed by atoms with Crippen molar-refractivity contribution < 1.29 is 19.1 Å². The van der Waals surface area contributed by atoms with Crippen molar-refractivity contribution in [1.82, 2.24) is 10.6 Å². The van der Waals surface area contributed by atoms with Gasteiger partial charge in [-0.15, -0.1) is 0 Å². The van der Waals surface area contributed by atoms with E-state index in [4.69, 9.17) is 9.47 Å². The number of ether oxygens (including phenoxy) is 2. The molecule has 1 heterocycles. The molecule has 1 aliphatic rings. The van der Waals surface area contributed by atoms with Gasteiger partial charge in [0.25, 0.3) is 0 Å². The average molecular weight is 286 g/mol. The van der Waals surface area contributed by atoms with Crippen LogP contribution < -0.4 is 10.6 Å². The molecule has 0 saturated carbocycles. The van der Waals surface area contributed by atoms with Crippen LogP contribution in [0.1, 0.15) is 26.2 Å². The lowest BCUT2D eigenvalue weighted by molar-refractivity contribution is -0.126. The van der Waals surface area contributed by atoms with Crippen molar-refractivity contribution in [3.63, 3.8) is 0 Å². The maximum Gasteiger partial charge on any atom is 0.223 e. The molecule has 2 N–H and O–H groups in total. The summed E-state index contributed by atoms with van der Waals surface area (Å²) < 4.78 is 10.6. The van der Waals surface area contributed by atoms with Crippen molar-refractivity contribution in [3.8, 4) is 0 Å². The molecule has 20 heavy (non-hydrogen) atoms. The van der Waals surface area contributed by atoms with E-state index in [0.717, 1.165) is 25.9 Å². The number of amides is 1. The summed E-state index contributed by atoms with van der Waals surface area (Å²) in [6.45, 7) is 5.84. The second-order valence-electron chi connectivity index (χ2n) is 4.99. The Bertz CT molecular complexity index is 291. The summed E-state index contributed by atoms with van der Waals surface area (Å²) in [7, 11) is 0. The maximum absolute atomic E-state index is 11.8. The maximum atomic E-state index is 11.8. The van der Waals surface area contributed by atoms with E-state index in [1.165, 1.54) is 0 Å². The Kier molecular flexibility index (Phi) is 9.19. The first-order chi connectivity index (χ1) is 9.70. The molecule has 6 nitrogen and oxygen atoms in total. The predicted octanol–water partition coefficient (Wildman–Crippen LogP) is 0.115. The summed E-state index contributed by atoms with van der Waals surface area (Å²) in [5, 5.41) is 6.13. The first-order valence-electron chi connectivity index (χ1n) is 7.33. The van der Waals surface area contributed by atoms with E-state index in [9.17, 15) is 9.59 Å². The molecule has 0 atom stereocenters. The smallest absolute Gasteiger partial charge is 0.223 e. The number of hydrogen-bond acceptors (Lipinski definition) is 5. The van der Waals surface area contributed by atoms with Gasteiger partial charge >= 0.3 is 0 Å². The molecule has 1 saturated heterocycles. The third-order valence-corrected chi connectivity index (χ3v) is 3.23. The van der Waals surface area contributed by atoms with E-state index in [2.05, 4.69) is 10.6 Å². The number of rotatable bonds is 10. The van der Waals surface area contributed by atoms with Crippen LogP contribution in [0.25, 0.3) is 0 Å². The Hall–Kier alpha value is -0.980. The molecule has 0 bridgehead atoms. The monoisotopic (exact) mass is 286 g/mol. The molecule has 0 unspecified atom stereocenters. The van der Waals surface area contributed by atoms with Gasteiger partial charge in [-0.25, -0.2) is 0 Å². The van der Waals surface area contributed by atoms with Gasteiger partial charge in [-0.3, -0.25) is 9.59 Å². The minimum absolute atomic E-state index is 0.131. The molecule has 0 radical (unpaired) electrons. The number of hydrogen-bond donors (Lipinski definition) is 2. The molecule has 0 aromatic rings. The zero-order chi connectivity index (χ0) is 14.6. The van der Waals surface area contributed by atoms with E-state index in [1.807, 2.05) is 0 Å². The molecule has 6 heteroatoms. The van der Waals surface area contributed by atoms with E-state index in [0.29, 0.717) is 39.4 Å². The van der Waals surface area contributed by atoms with Crippen LogP contribution in [0.15, 0.2) is 0 Å². The van der Waals surface area contributed by atoms with Crippen molar-refractivity contribution in [1.29, 1.82) is 0 Å². The van der Waals surface area contributed by atoms with Crippen molar-refractivity contribution in [3.05, 3.63) is 0 Å². The van der Waals surface area contributed by atoms with Gasteiger partial charge in [-0.1, -0.05) is 0 Å². The fourth-order valence-electron chi connectivity index (χ4n) is 2.01. The van der Waals surface area contributed by atoms with Crippen LogP contribution in [-0.4, -0.2) is 57.8 Å². The third kappa shape index (κ3) is 8.24. The highest BCUT2D eigenvalue weighted by Gasteiger charge is 2.19. The Morgan fingerprint density at radius 2 is 1.75 bits per heavy atom. The summed E-state index contributed by atoms with van der Waals surface area (Å²) in [4.78, 5) is 22.4. The summed E-state index contributed by atoms with van der Waals surface area (Å²) in [5.41, 5.74) is 0. The van der Waals surface area contributed by atoms with Gasteiger partial charge < -0.3 is 20.1 Å². The first-order valence-corrected chi connectivity index (χ1v) is 7.33. The molecular formula is C14H26N2O4. The van der Waals surface area contributed by atoms with Crippen molar-refractivity contribution >= 4 is 11.7 Å². The summed E-state index contributed by atoms with van der Waals surface area (Å²) in [5.74, 6) is 0.408. The van der Waals surface area contributed by atoms with Crippen molar-refractivity contribution in [2.24, 2.45) is 5.92 Å². The summed E-state index contributed by atoms with van der Waals surface area (Å²) in [6.07, 6.45) is 2.28. The molecule has 0 aromatic heterocycles. The summed E-state index contributed by atoms with van der Waals surface area (Å²) in [6, 6.07) is 0. The van der Waals surface area contributed by atoms with Crippen LogP contribution >= 0.6 is 0 Å². The van der Waals surface area contributed by atoms with Gasteiger partial charge in [0.15, 0.2) is 0 Å². The van der Waals surface area contributed by atoms with Crippen LogP contribution in [0.3, 0.4) is 0 Å². The van der Waals surface area contributed by atoms with E-state index in [1.54, 1.807) is 6.92 Å². The molecular weight excluding hydrogens is 260 g/mol. The second-order valence-corrected chi connectivity index (χ2v) is 4.99. The quantitative estimate of drug-likeness (QED) is 0.558. The van der Waals surface area contributed by atoms with Gasteiger partial charge in [-0.05, 0) is 32.9 Å². The lowest BCUT2D eigenvalue weighted by Gasteiger charge is -2.21. The highest BCUT2D eigenvalue weighted by Crippen LogP contribution is 2.10. The number of piperidine rings is 1. The van der Waals surface area contributed by atoms with Gasteiger partial charge in [-0.2, -0.15) is 0 Å². The predicted molar refractivity (Wildman–Crippen MR) is 75.5 cm³/mol. The largest absolute Gasteiger partial charge is 0.379 e. The zero-order valence-electron chi connectivity index (χ0n) is 12.3. The minimum atomic E-state index is 0.131. The number of carbonyl (C=O) groups is 2. The highest BCUT2D eigenvalue weighted by molar-refractivity contribution is 5.78. The Labute approximate surface area is 120 Å². The third-order valence-electron chi connectivity index (χ3n) is 3.23.